The lowest BCUT2D eigenvalue weighted by molar-refractivity contribution is 0.0859. The summed E-state index contributed by atoms with van der Waals surface area (Å²) >= 11 is 3.40. The lowest BCUT2D eigenvalue weighted by Gasteiger charge is -2.33. The number of piperazine rings is 1. The molecular weight excluding hydrogens is 292 g/mol. The molecule has 0 aromatic heterocycles. The molecule has 1 aliphatic rings. The van der Waals surface area contributed by atoms with E-state index in [0.29, 0.717) is 6.54 Å². The Morgan fingerprint density at radius 2 is 1.89 bits per heavy atom. The second-order valence-corrected chi connectivity index (χ2v) is 5.56. The highest BCUT2D eigenvalue weighted by Gasteiger charge is 2.18. The zero-order valence-corrected chi connectivity index (χ0v) is 12.3. The fourth-order valence-corrected chi connectivity index (χ4v) is 2.62. The summed E-state index contributed by atoms with van der Waals surface area (Å²) in [5.74, 6) is 0.209. The third kappa shape index (κ3) is 3.64. The van der Waals surface area contributed by atoms with Gasteiger partial charge in [0.1, 0.15) is 0 Å². The van der Waals surface area contributed by atoms with E-state index in [1.807, 2.05) is 24.3 Å². The minimum atomic E-state index is 0.209. The van der Waals surface area contributed by atoms with Crippen molar-refractivity contribution in [2.24, 2.45) is 0 Å². The van der Waals surface area contributed by atoms with Crippen LogP contribution in [0.3, 0.4) is 0 Å². The summed E-state index contributed by atoms with van der Waals surface area (Å²) in [6.07, 6.45) is 0. The highest BCUT2D eigenvalue weighted by Crippen LogP contribution is 2.13. The van der Waals surface area contributed by atoms with Gasteiger partial charge in [0.25, 0.3) is 0 Å². The third-order valence-corrected chi connectivity index (χ3v) is 3.92. The molecule has 3 nitrogen and oxygen atoms in total. The third-order valence-electron chi connectivity index (χ3n) is 3.43. The smallest absolute Gasteiger partial charge is 0.176 e. The van der Waals surface area contributed by atoms with Crippen LogP contribution in [0.1, 0.15) is 17.3 Å². The molecule has 98 valence electrons. The fourth-order valence-electron chi connectivity index (χ4n) is 2.22. The molecule has 1 aliphatic heterocycles. The zero-order valence-electron chi connectivity index (χ0n) is 10.7. The Morgan fingerprint density at radius 3 is 2.50 bits per heavy atom. The predicted molar refractivity (Wildman–Crippen MR) is 77.0 cm³/mol. The summed E-state index contributed by atoms with van der Waals surface area (Å²) in [4.78, 5) is 16.8. The summed E-state index contributed by atoms with van der Waals surface area (Å²) in [6, 6.07) is 7.63. The molecule has 0 radical (unpaired) electrons. The monoisotopic (exact) mass is 310 g/mol. The number of halogens is 1. The lowest BCUT2D eigenvalue weighted by atomic mass is 10.1. The molecule has 0 unspecified atom stereocenters. The average Bonchev–Trinajstić information content (AvgIpc) is 2.39. The van der Waals surface area contributed by atoms with Crippen molar-refractivity contribution in [1.29, 1.82) is 0 Å². The van der Waals surface area contributed by atoms with Crippen LogP contribution in [0.5, 0.6) is 0 Å². The van der Waals surface area contributed by atoms with Crippen molar-refractivity contribution >= 4 is 21.7 Å². The normalized spacial score (nSPS) is 17.9. The zero-order chi connectivity index (χ0) is 13.0. The van der Waals surface area contributed by atoms with E-state index in [4.69, 9.17) is 0 Å². The van der Waals surface area contributed by atoms with Gasteiger partial charge in [-0.1, -0.05) is 35.0 Å². The molecule has 4 heteroatoms. The van der Waals surface area contributed by atoms with E-state index in [1.165, 1.54) is 0 Å². The number of ketones is 1. The Bertz CT molecular complexity index is 414. The maximum atomic E-state index is 12.1. The molecule has 1 fully saturated rings. The minimum absolute atomic E-state index is 0.209. The molecule has 1 heterocycles. The number of hydrogen-bond acceptors (Lipinski definition) is 3. The summed E-state index contributed by atoms with van der Waals surface area (Å²) in [7, 11) is 0. The molecule has 0 amide bonds. The number of hydrogen-bond donors (Lipinski definition) is 0. The first-order valence-electron chi connectivity index (χ1n) is 6.42. The first-order chi connectivity index (χ1) is 8.69. The van der Waals surface area contributed by atoms with Gasteiger partial charge in [-0.2, -0.15) is 0 Å². The number of likely N-dealkylation sites (N-methyl/N-ethyl adjacent to an activating group) is 1. The van der Waals surface area contributed by atoms with Gasteiger partial charge in [-0.25, -0.2) is 0 Å². The van der Waals surface area contributed by atoms with E-state index < -0.39 is 0 Å². The van der Waals surface area contributed by atoms with E-state index in [9.17, 15) is 4.79 Å². The van der Waals surface area contributed by atoms with Gasteiger partial charge in [-0.15, -0.1) is 0 Å². The van der Waals surface area contributed by atoms with Gasteiger partial charge in [-0.05, 0) is 18.7 Å². The largest absolute Gasteiger partial charge is 0.301 e. The van der Waals surface area contributed by atoms with Crippen LogP contribution < -0.4 is 0 Å². The molecule has 1 aromatic carbocycles. The van der Waals surface area contributed by atoms with Crippen LogP contribution in [0.15, 0.2) is 28.7 Å². The molecule has 1 aromatic rings. The fraction of sp³-hybridized carbons (Fsp3) is 0.500. The number of Topliss-reactive ketones (excluding diaryl/α,β-unsaturated/α-hetero) is 1. The molecule has 18 heavy (non-hydrogen) atoms. The Balaban J connectivity index is 1.89. The Hall–Kier alpha value is -0.710. The van der Waals surface area contributed by atoms with Gasteiger partial charge in [0.15, 0.2) is 5.78 Å². The topological polar surface area (TPSA) is 23.6 Å². The molecular formula is C14H19BrN2O. The molecule has 0 spiro atoms. The van der Waals surface area contributed by atoms with Crippen molar-refractivity contribution in [3.05, 3.63) is 34.3 Å². The van der Waals surface area contributed by atoms with Crippen LogP contribution in [-0.2, 0) is 0 Å². The second kappa shape index (κ2) is 6.45. The maximum Gasteiger partial charge on any atom is 0.176 e. The highest BCUT2D eigenvalue weighted by molar-refractivity contribution is 9.10. The number of carbonyl (C=O) groups excluding carboxylic acids is 1. The van der Waals surface area contributed by atoms with Crippen molar-refractivity contribution in [2.75, 3.05) is 39.3 Å². The van der Waals surface area contributed by atoms with Gasteiger partial charge in [0, 0.05) is 36.2 Å². The Kier molecular flexibility index (Phi) is 4.92. The van der Waals surface area contributed by atoms with Crippen LogP contribution in [0.4, 0.5) is 0 Å². The summed E-state index contributed by atoms with van der Waals surface area (Å²) in [5, 5.41) is 0. The Labute approximate surface area is 117 Å². The van der Waals surface area contributed by atoms with Crippen molar-refractivity contribution in [2.45, 2.75) is 6.92 Å². The second-order valence-electron chi connectivity index (χ2n) is 4.64. The van der Waals surface area contributed by atoms with Gasteiger partial charge in [-0.3, -0.25) is 9.69 Å². The van der Waals surface area contributed by atoms with Gasteiger partial charge >= 0.3 is 0 Å². The van der Waals surface area contributed by atoms with Crippen LogP contribution in [-0.4, -0.2) is 54.9 Å². The van der Waals surface area contributed by atoms with E-state index in [1.54, 1.807) is 0 Å². The van der Waals surface area contributed by atoms with Crippen LogP contribution >= 0.6 is 15.9 Å². The standard InChI is InChI=1S/C14H19BrN2O/c1-2-16-6-8-17(9-7-16)11-14(18)12-4-3-5-13(15)10-12/h3-5,10H,2,6-9,11H2,1H3. The molecule has 2 rings (SSSR count). The lowest BCUT2D eigenvalue weighted by Crippen LogP contribution is -2.47. The van der Waals surface area contributed by atoms with Crippen molar-refractivity contribution in [3.8, 4) is 0 Å². The number of nitrogens with zero attached hydrogens (tertiary/aromatic N) is 2. The molecule has 0 N–H and O–H groups in total. The molecule has 0 aliphatic carbocycles. The average molecular weight is 311 g/mol. The SMILES string of the molecule is CCN1CCN(CC(=O)c2cccc(Br)c2)CC1. The number of carbonyl (C=O) groups is 1. The minimum Gasteiger partial charge on any atom is -0.301 e. The van der Waals surface area contributed by atoms with E-state index >= 15 is 0 Å². The van der Waals surface area contributed by atoms with Gasteiger partial charge in [0.2, 0.25) is 0 Å². The summed E-state index contributed by atoms with van der Waals surface area (Å²) in [6.45, 7) is 7.95. The maximum absolute atomic E-state index is 12.1. The van der Waals surface area contributed by atoms with Gasteiger partial charge in [0.05, 0.1) is 6.54 Å². The summed E-state index contributed by atoms with van der Waals surface area (Å²) in [5.41, 5.74) is 0.794. The first-order valence-corrected chi connectivity index (χ1v) is 7.22. The highest BCUT2D eigenvalue weighted by atomic mass is 79.9. The molecule has 0 bridgehead atoms. The van der Waals surface area contributed by atoms with E-state index in [-0.39, 0.29) is 5.78 Å². The number of benzene rings is 1. The first kappa shape index (κ1) is 13.7. The number of rotatable bonds is 4. The molecule has 0 atom stereocenters. The van der Waals surface area contributed by atoms with Crippen LogP contribution in [0.25, 0.3) is 0 Å². The van der Waals surface area contributed by atoms with Crippen LogP contribution in [0.2, 0.25) is 0 Å². The molecule has 0 saturated carbocycles. The quantitative estimate of drug-likeness (QED) is 0.797. The van der Waals surface area contributed by atoms with Crippen LogP contribution in [0, 0.1) is 0 Å². The van der Waals surface area contributed by atoms with Crippen molar-refractivity contribution in [3.63, 3.8) is 0 Å². The van der Waals surface area contributed by atoms with Crippen molar-refractivity contribution < 1.29 is 4.79 Å². The van der Waals surface area contributed by atoms with Gasteiger partial charge < -0.3 is 4.90 Å². The Morgan fingerprint density at radius 1 is 1.22 bits per heavy atom. The van der Waals surface area contributed by atoms with E-state index in [0.717, 1.165) is 42.8 Å². The predicted octanol–water partition coefficient (Wildman–Crippen LogP) is 2.27. The van der Waals surface area contributed by atoms with E-state index in [2.05, 4.69) is 32.7 Å². The van der Waals surface area contributed by atoms with Crippen molar-refractivity contribution in [1.82, 2.24) is 9.80 Å². The summed E-state index contributed by atoms with van der Waals surface area (Å²) < 4.78 is 0.962. The molecule has 1 saturated heterocycles.